The first-order valence-electron chi connectivity index (χ1n) is 6.95. The molecule has 1 aromatic carbocycles. The van der Waals surface area contributed by atoms with E-state index in [0.717, 1.165) is 25.5 Å². The Hall–Kier alpha value is -1.00. The normalized spacial score (nSPS) is 12.6. The maximum atomic E-state index is 13.8. The highest BCUT2D eigenvalue weighted by molar-refractivity contribution is 5.22. The summed E-state index contributed by atoms with van der Waals surface area (Å²) in [7, 11) is 0. The lowest BCUT2D eigenvalue weighted by atomic mass is 10.0. The number of benzene rings is 1. The Morgan fingerprint density at radius 1 is 1.16 bits per heavy atom. The zero-order valence-electron chi connectivity index (χ0n) is 11.7. The highest BCUT2D eigenvalue weighted by atomic mass is 19.1. The fraction of sp³-hybridized carbons (Fsp3) is 0.600. The third-order valence-corrected chi connectivity index (χ3v) is 2.88. The van der Waals surface area contributed by atoms with Gasteiger partial charge in [0.25, 0.3) is 0 Å². The molecule has 0 bridgehead atoms. The van der Waals surface area contributed by atoms with Gasteiger partial charge in [-0.3, -0.25) is 0 Å². The van der Waals surface area contributed by atoms with E-state index >= 15 is 0 Å². The molecule has 0 saturated carbocycles. The molecule has 1 N–H and O–H groups in total. The Labute approximate surface area is 114 Å². The van der Waals surface area contributed by atoms with Crippen LogP contribution >= 0.6 is 0 Å². The molecule has 0 spiro atoms. The molecule has 2 nitrogen and oxygen atoms in total. The molecule has 0 aliphatic rings. The Morgan fingerprint density at radius 2 is 1.95 bits per heavy atom. The van der Waals surface area contributed by atoms with Gasteiger partial charge in [0.05, 0.1) is 0 Å². The number of rotatable bonds is 9. The van der Waals surface area contributed by atoms with Gasteiger partial charge in [0, 0.05) is 30.9 Å². The van der Waals surface area contributed by atoms with Crippen LogP contribution in [0.3, 0.4) is 0 Å². The Bertz CT molecular complexity index is 371. The van der Waals surface area contributed by atoms with Gasteiger partial charge in [0.15, 0.2) is 0 Å². The van der Waals surface area contributed by atoms with Crippen LogP contribution < -0.4 is 5.32 Å². The number of nitrogens with one attached hydrogen (secondary N) is 1. The summed E-state index contributed by atoms with van der Waals surface area (Å²) in [6.45, 7) is 6.19. The minimum absolute atomic E-state index is 0.127. The monoisotopic (exact) mass is 271 g/mol. The van der Waals surface area contributed by atoms with Crippen LogP contribution in [0.25, 0.3) is 0 Å². The van der Waals surface area contributed by atoms with E-state index in [1.54, 1.807) is 0 Å². The van der Waals surface area contributed by atoms with E-state index in [1.807, 2.05) is 6.92 Å². The smallest absolute Gasteiger partial charge is 0.130 e. The molecule has 0 amide bonds. The van der Waals surface area contributed by atoms with Gasteiger partial charge >= 0.3 is 0 Å². The minimum Gasteiger partial charge on any atom is -0.381 e. The van der Waals surface area contributed by atoms with Gasteiger partial charge in [-0.15, -0.1) is 0 Å². The molecule has 0 heterocycles. The van der Waals surface area contributed by atoms with Crippen LogP contribution in [0.2, 0.25) is 0 Å². The molecule has 4 heteroatoms. The van der Waals surface area contributed by atoms with Crippen molar-refractivity contribution in [3.63, 3.8) is 0 Å². The number of hydrogen-bond acceptors (Lipinski definition) is 2. The second-order valence-electron chi connectivity index (χ2n) is 4.57. The zero-order valence-corrected chi connectivity index (χ0v) is 11.7. The summed E-state index contributed by atoms with van der Waals surface area (Å²) in [6.07, 6.45) is 2.62. The lowest BCUT2D eigenvalue weighted by Crippen LogP contribution is -2.24. The first-order chi connectivity index (χ1) is 9.19. The average Bonchev–Trinajstić information content (AvgIpc) is 2.39. The van der Waals surface area contributed by atoms with Gasteiger partial charge in [0.1, 0.15) is 11.6 Å². The van der Waals surface area contributed by atoms with Crippen LogP contribution in [0.1, 0.15) is 44.7 Å². The standard InChI is InChI=1S/C15H23F2NO/c1-3-8-18-15(7-10-19-9-4-2)13-6-5-12(16)11-14(13)17/h5-6,11,15,18H,3-4,7-10H2,1-2H3. The molecule has 0 fully saturated rings. The van der Waals surface area contributed by atoms with Crippen molar-refractivity contribution in [2.45, 2.75) is 39.2 Å². The summed E-state index contributed by atoms with van der Waals surface area (Å²) >= 11 is 0. The predicted molar refractivity (Wildman–Crippen MR) is 73.1 cm³/mol. The Kier molecular flexibility index (Phi) is 7.60. The largest absolute Gasteiger partial charge is 0.381 e. The topological polar surface area (TPSA) is 21.3 Å². The van der Waals surface area contributed by atoms with Gasteiger partial charge in [-0.25, -0.2) is 8.78 Å². The van der Waals surface area contributed by atoms with Gasteiger partial charge in [-0.05, 0) is 31.9 Å². The predicted octanol–water partition coefficient (Wildman–Crippen LogP) is 3.82. The van der Waals surface area contributed by atoms with Crippen molar-refractivity contribution in [1.82, 2.24) is 5.32 Å². The summed E-state index contributed by atoms with van der Waals surface area (Å²) in [5.41, 5.74) is 0.509. The van der Waals surface area contributed by atoms with E-state index in [0.29, 0.717) is 25.2 Å². The van der Waals surface area contributed by atoms with Gasteiger partial charge in [-0.1, -0.05) is 19.9 Å². The molecule has 0 aromatic heterocycles. The molecule has 0 radical (unpaired) electrons. The molecular weight excluding hydrogens is 248 g/mol. The van der Waals surface area contributed by atoms with Crippen LogP contribution in [0, 0.1) is 11.6 Å². The first-order valence-corrected chi connectivity index (χ1v) is 6.95. The molecular formula is C15H23F2NO. The van der Waals surface area contributed by atoms with Crippen LogP contribution in [-0.2, 0) is 4.74 Å². The molecule has 19 heavy (non-hydrogen) atoms. The lowest BCUT2D eigenvalue weighted by molar-refractivity contribution is 0.124. The van der Waals surface area contributed by atoms with Crippen molar-refractivity contribution in [1.29, 1.82) is 0 Å². The molecule has 1 rings (SSSR count). The van der Waals surface area contributed by atoms with Crippen LogP contribution in [0.5, 0.6) is 0 Å². The lowest BCUT2D eigenvalue weighted by Gasteiger charge is -2.19. The number of hydrogen-bond donors (Lipinski definition) is 1. The second-order valence-corrected chi connectivity index (χ2v) is 4.57. The molecule has 0 aliphatic carbocycles. The Balaban J connectivity index is 2.66. The number of ether oxygens (including phenoxy) is 1. The fourth-order valence-corrected chi connectivity index (χ4v) is 1.92. The third-order valence-electron chi connectivity index (χ3n) is 2.88. The quantitative estimate of drug-likeness (QED) is 0.689. The van der Waals surface area contributed by atoms with Gasteiger partial charge in [-0.2, -0.15) is 0 Å². The molecule has 0 aliphatic heterocycles. The summed E-state index contributed by atoms with van der Waals surface area (Å²) < 4.78 is 32.2. The summed E-state index contributed by atoms with van der Waals surface area (Å²) in [5, 5.41) is 3.28. The molecule has 1 atom stereocenters. The van der Waals surface area contributed by atoms with Crippen LogP contribution in [0.4, 0.5) is 8.78 Å². The summed E-state index contributed by atoms with van der Waals surface area (Å²) in [5.74, 6) is -1.04. The highest BCUT2D eigenvalue weighted by Gasteiger charge is 2.15. The fourth-order valence-electron chi connectivity index (χ4n) is 1.92. The van der Waals surface area contributed by atoms with E-state index in [-0.39, 0.29) is 6.04 Å². The van der Waals surface area contributed by atoms with E-state index in [9.17, 15) is 8.78 Å². The maximum absolute atomic E-state index is 13.8. The van der Waals surface area contributed by atoms with Crippen LogP contribution in [-0.4, -0.2) is 19.8 Å². The third kappa shape index (κ3) is 5.66. The minimum atomic E-state index is -0.544. The summed E-state index contributed by atoms with van der Waals surface area (Å²) in [4.78, 5) is 0. The zero-order chi connectivity index (χ0) is 14.1. The van der Waals surface area contributed by atoms with Crippen molar-refractivity contribution in [2.75, 3.05) is 19.8 Å². The molecule has 1 aromatic rings. The van der Waals surface area contributed by atoms with E-state index in [1.165, 1.54) is 12.1 Å². The van der Waals surface area contributed by atoms with E-state index in [2.05, 4.69) is 12.2 Å². The van der Waals surface area contributed by atoms with E-state index in [4.69, 9.17) is 4.74 Å². The molecule has 108 valence electrons. The SMILES string of the molecule is CCCNC(CCOCCC)c1ccc(F)cc1F. The van der Waals surface area contributed by atoms with Crippen molar-refractivity contribution in [3.8, 4) is 0 Å². The van der Waals surface area contributed by atoms with Crippen molar-refractivity contribution < 1.29 is 13.5 Å². The van der Waals surface area contributed by atoms with E-state index < -0.39 is 11.6 Å². The van der Waals surface area contributed by atoms with Crippen molar-refractivity contribution in [2.24, 2.45) is 0 Å². The maximum Gasteiger partial charge on any atom is 0.130 e. The van der Waals surface area contributed by atoms with Gasteiger partial charge in [0.2, 0.25) is 0 Å². The summed E-state index contributed by atoms with van der Waals surface area (Å²) in [6, 6.07) is 3.62. The molecule has 1 unspecified atom stereocenters. The van der Waals surface area contributed by atoms with Gasteiger partial charge < -0.3 is 10.1 Å². The van der Waals surface area contributed by atoms with Crippen LogP contribution in [0.15, 0.2) is 18.2 Å². The van der Waals surface area contributed by atoms with Crippen molar-refractivity contribution >= 4 is 0 Å². The van der Waals surface area contributed by atoms with Crippen molar-refractivity contribution in [3.05, 3.63) is 35.4 Å². The molecule has 0 saturated heterocycles. The highest BCUT2D eigenvalue weighted by Crippen LogP contribution is 2.21. The second kappa shape index (κ2) is 8.99. The number of halogens is 2. The average molecular weight is 271 g/mol. The Morgan fingerprint density at radius 3 is 2.58 bits per heavy atom. The first kappa shape index (κ1) is 16.1.